The topological polar surface area (TPSA) is 103 Å². The Morgan fingerprint density at radius 3 is 2.76 bits per heavy atom. The minimum atomic E-state index is -3.94. The summed E-state index contributed by atoms with van der Waals surface area (Å²) in [6.07, 6.45) is 2.24. The number of anilines is 1. The molecule has 0 spiro atoms. The molecule has 0 amide bonds. The Kier molecular flexibility index (Phi) is 4.24. The molecule has 0 aliphatic rings. The Morgan fingerprint density at radius 1 is 1.43 bits per heavy atom. The van der Waals surface area contributed by atoms with Crippen LogP contribution in [0.4, 0.5) is 10.1 Å². The van der Waals surface area contributed by atoms with Gasteiger partial charge < -0.3 is 5.73 Å². The van der Waals surface area contributed by atoms with Crippen molar-refractivity contribution in [2.45, 2.75) is 25.3 Å². The van der Waals surface area contributed by atoms with Crippen LogP contribution in [0.3, 0.4) is 0 Å². The highest BCUT2D eigenvalue weighted by Gasteiger charge is 2.25. The van der Waals surface area contributed by atoms with E-state index >= 15 is 0 Å². The lowest BCUT2D eigenvalue weighted by Crippen LogP contribution is -2.17. The van der Waals surface area contributed by atoms with Gasteiger partial charge in [0.25, 0.3) is 10.0 Å². The maximum absolute atomic E-state index is 13.5. The molecule has 21 heavy (non-hydrogen) atoms. The van der Waals surface area contributed by atoms with Crippen molar-refractivity contribution in [2.75, 3.05) is 11.3 Å². The summed E-state index contributed by atoms with van der Waals surface area (Å²) in [5.74, 6) is -0.745. The van der Waals surface area contributed by atoms with Crippen LogP contribution in [-0.4, -0.2) is 29.7 Å². The van der Waals surface area contributed by atoms with Crippen molar-refractivity contribution < 1.29 is 12.8 Å². The van der Waals surface area contributed by atoms with Gasteiger partial charge in [0.05, 0.1) is 29.8 Å². The number of sulfonamides is 1. The predicted molar refractivity (Wildman–Crippen MR) is 75.8 cm³/mol. The van der Waals surface area contributed by atoms with Gasteiger partial charge >= 0.3 is 0 Å². The van der Waals surface area contributed by atoms with Crippen LogP contribution in [0, 0.1) is 19.7 Å². The van der Waals surface area contributed by atoms with Crippen molar-refractivity contribution >= 4 is 15.7 Å². The summed E-state index contributed by atoms with van der Waals surface area (Å²) >= 11 is 0. The van der Waals surface area contributed by atoms with Crippen molar-refractivity contribution in [3.05, 3.63) is 35.7 Å². The highest BCUT2D eigenvalue weighted by atomic mass is 32.2. The van der Waals surface area contributed by atoms with E-state index in [2.05, 4.69) is 14.8 Å². The van der Waals surface area contributed by atoms with Crippen molar-refractivity contribution in [2.24, 2.45) is 5.73 Å². The number of nitrogens with zero attached hydrogens (tertiary/aromatic N) is 3. The molecule has 0 saturated heterocycles. The molecule has 0 fully saturated rings. The van der Waals surface area contributed by atoms with Gasteiger partial charge in [-0.1, -0.05) is 0 Å². The molecule has 0 aliphatic heterocycles. The number of pyridine rings is 1. The second kappa shape index (κ2) is 5.78. The average Bonchev–Trinajstić information content (AvgIpc) is 2.68. The average molecular weight is 313 g/mol. The zero-order valence-corrected chi connectivity index (χ0v) is 12.5. The summed E-state index contributed by atoms with van der Waals surface area (Å²) in [6.45, 7) is 3.96. The highest BCUT2D eigenvalue weighted by molar-refractivity contribution is 7.92. The Morgan fingerprint density at radius 2 is 2.14 bits per heavy atom. The Hall–Kier alpha value is -2.00. The number of nitrogens with one attached hydrogen (secondary N) is 1. The van der Waals surface area contributed by atoms with Crippen LogP contribution in [-0.2, 0) is 16.6 Å². The fourth-order valence-electron chi connectivity index (χ4n) is 2.06. The van der Waals surface area contributed by atoms with E-state index in [0.29, 0.717) is 24.5 Å². The van der Waals surface area contributed by atoms with Crippen molar-refractivity contribution in [3.8, 4) is 0 Å². The largest absolute Gasteiger partial charge is 0.329 e. The van der Waals surface area contributed by atoms with Gasteiger partial charge in [-0.25, -0.2) is 12.8 Å². The molecule has 0 radical (unpaired) electrons. The molecule has 2 aromatic heterocycles. The van der Waals surface area contributed by atoms with Gasteiger partial charge in [0, 0.05) is 12.7 Å². The van der Waals surface area contributed by atoms with Gasteiger partial charge in [-0.3, -0.25) is 14.4 Å². The van der Waals surface area contributed by atoms with Crippen LogP contribution in [0.2, 0.25) is 0 Å². The highest BCUT2D eigenvalue weighted by Crippen LogP contribution is 2.23. The van der Waals surface area contributed by atoms with Gasteiger partial charge in [0.1, 0.15) is 4.90 Å². The molecular weight excluding hydrogens is 297 g/mol. The number of rotatable bonds is 5. The molecule has 2 aromatic rings. The van der Waals surface area contributed by atoms with Gasteiger partial charge in [0.15, 0.2) is 5.82 Å². The summed E-state index contributed by atoms with van der Waals surface area (Å²) in [5.41, 5.74) is 6.10. The number of hydrogen-bond donors (Lipinski definition) is 2. The Labute approximate surface area is 122 Å². The van der Waals surface area contributed by atoms with Gasteiger partial charge in [-0.15, -0.1) is 0 Å². The lowest BCUT2D eigenvalue weighted by Gasteiger charge is -2.09. The van der Waals surface area contributed by atoms with Crippen LogP contribution >= 0.6 is 0 Å². The summed E-state index contributed by atoms with van der Waals surface area (Å²) in [5, 5.41) is 4.14. The molecule has 0 saturated carbocycles. The quantitative estimate of drug-likeness (QED) is 0.849. The van der Waals surface area contributed by atoms with Crippen LogP contribution in [0.1, 0.15) is 11.4 Å². The molecule has 114 valence electrons. The monoisotopic (exact) mass is 313 g/mol. The first kappa shape index (κ1) is 15.4. The molecule has 9 heteroatoms. The second-order valence-corrected chi connectivity index (χ2v) is 6.09. The number of aryl methyl sites for hydroxylation is 1. The van der Waals surface area contributed by atoms with Crippen molar-refractivity contribution in [1.82, 2.24) is 14.8 Å². The molecule has 3 N–H and O–H groups in total. The SMILES string of the molecule is Cc1nn(CCN)c(C)c1S(=O)(=O)Nc1ccncc1F. The van der Waals surface area contributed by atoms with E-state index in [1.807, 2.05) is 0 Å². The van der Waals surface area contributed by atoms with Gasteiger partial charge in [-0.05, 0) is 19.9 Å². The van der Waals surface area contributed by atoms with Crippen LogP contribution < -0.4 is 10.5 Å². The third kappa shape index (κ3) is 3.03. The maximum atomic E-state index is 13.5. The summed E-state index contributed by atoms with van der Waals surface area (Å²) in [7, 11) is -3.94. The number of nitrogens with two attached hydrogens (primary N) is 1. The molecule has 7 nitrogen and oxygen atoms in total. The van der Waals surface area contributed by atoms with Crippen molar-refractivity contribution in [3.63, 3.8) is 0 Å². The maximum Gasteiger partial charge on any atom is 0.265 e. The van der Waals surface area contributed by atoms with E-state index in [4.69, 9.17) is 5.73 Å². The third-order valence-corrected chi connectivity index (χ3v) is 4.56. The number of hydrogen-bond acceptors (Lipinski definition) is 5. The van der Waals surface area contributed by atoms with Crippen LogP contribution in [0.5, 0.6) is 0 Å². The van der Waals surface area contributed by atoms with Crippen molar-refractivity contribution in [1.29, 1.82) is 0 Å². The van der Waals surface area contributed by atoms with Crippen LogP contribution in [0.15, 0.2) is 23.4 Å². The van der Waals surface area contributed by atoms with Gasteiger partial charge in [0.2, 0.25) is 0 Å². The first-order valence-corrected chi connectivity index (χ1v) is 7.71. The zero-order valence-electron chi connectivity index (χ0n) is 11.7. The normalized spacial score (nSPS) is 11.6. The lowest BCUT2D eigenvalue weighted by molar-refractivity contribution is 0.591. The minimum absolute atomic E-state index is 0.0344. The molecule has 0 aromatic carbocycles. The molecular formula is C12H16FN5O2S. The first-order chi connectivity index (χ1) is 9.86. The Bertz CT molecular complexity index is 757. The number of halogens is 1. The first-order valence-electron chi connectivity index (χ1n) is 6.23. The molecule has 0 unspecified atom stereocenters. The third-order valence-electron chi connectivity index (χ3n) is 2.94. The molecule has 0 bridgehead atoms. The molecule has 2 heterocycles. The predicted octanol–water partition coefficient (Wildman–Crippen LogP) is 0.794. The summed E-state index contributed by atoms with van der Waals surface area (Å²) < 4.78 is 42.1. The van der Waals surface area contributed by atoms with E-state index in [1.165, 1.54) is 16.9 Å². The smallest absolute Gasteiger partial charge is 0.265 e. The van der Waals surface area contributed by atoms with E-state index < -0.39 is 15.8 Å². The Balaban J connectivity index is 2.43. The van der Waals surface area contributed by atoms with E-state index in [9.17, 15) is 12.8 Å². The number of aromatic nitrogens is 3. The molecule has 0 atom stereocenters. The summed E-state index contributed by atoms with van der Waals surface area (Å²) in [4.78, 5) is 3.61. The van der Waals surface area contributed by atoms with Gasteiger partial charge in [-0.2, -0.15) is 5.10 Å². The standard InChI is InChI=1S/C12H16FN5O2S/c1-8-12(9(2)18(16-8)6-4-14)21(19,20)17-11-3-5-15-7-10(11)13/h3,5,7H,4,6,14H2,1-2H3,(H,15,17). The van der Waals surface area contributed by atoms with E-state index in [0.717, 1.165) is 6.20 Å². The summed E-state index contributed by atoms with van der Waals surface area (Å²) in [6, 6.07) is 1.25. The second-order valence-electron chi connectivity index (χ2n) is 4.47. The minimum Gasteiger partial charge on any atom is -0.329 e. The zero-order chi connectivity index (χ0) is 15.6. The molecule has 0 aliphatic carbocycles. The lowest BCUT2D eigenvalue weighted by atomic mass is 10.4. The van der Waals surface area contributed by atoms with E-state index in [-0.39, 0.29) is 10.6 Å². The van der Waals surface area contributed by atoms with E-state index in [1.54, 1.807) is 13.8 Å². The van der Waals surface area contributed by atoms with Crippen LogP contribution in [0.25, 0.3) is 0 Å². The molecule has 2 rings (SSSR count). The fourth-order valence-corrected chi connectivity index (χ4v) is 3.54. The fraction of sp³-hybridized carbons (Fsp3) is 0.333.